The van der Waals surface area contributed by atoms with Gasteiger partial charge in [0.1, 0.15) is 11.4 Å². The average Bonchev–Trinajstić information content (AvgIpc) is 3.20. The zero-order valence-corrected chi connectivity index (χ0v) is 16.4. The Hall–Kier alpha value is -2.24. The minimum Gasteiger partial charge on any atom is -0.462 e. The third-order valence-electron chi connectivity index (χ3n) is 4.52. The predicted molar refractivity (Wildman–Crippen MR) is 108 cm³/mol. The van der Waals surface area contributed by atoms with Crippen molar-refractivity contribution in [3.8, 4) is 11.3 Å². The highest BCUT2D eigenvalue weighted by molar-refractivity contribution is 8.00. The third kappa shape index (κ3) is 4.04. The fourth-order valence-corrected chi connectivity index (χ4v) is 4.47. The summed E-state index contributed by atoms with van der Waals surface area (Å²) >= 11 is 7.52. The minimum absolute atomic E-state index is 0.0386. The van der Waals surface area contributed by atoms with E-state index in [0.717, 1.165) is 16.4 Å². The molecule has 3 aromatic rings. The van der Waals surface area contributed by atoms with E-state index in [-0.39, 0.29) is 17.3 Å². The summed E-state index contributed by atoms with van der Waals surface area (Å²) in [6, 6.07) is 18.0. The molecule has 0 aliphatic carbocycles. The van der Waals surface area contributed by atoms with Gasteiger partial charge in [0.25, 0.3) is 0 Å². The van der Waals surface area contributed by atoms with E-state index >= 15 is 0 Å². The number of aromatic nitrogens is 2. The number of esters is 1. The number of halogens is 1. The van der Waals surface area contributed by atoms with Crippen LogP contribution in [0.25, 0.3) is 11.3 Å². The van der Waals surface area contributed by atoms with E-state index in [1.54, 1.807) is 0 Å². The number of carbonyl (C=O) groups is 1. The monoisotopic (exact) mass is 398 g/mol. The molecule has 27 heavy (non-hydrogen) atoms. The van der Waals surface area contributed by atoms with Crippen molar-refractivity contribution in [3.05, 3.63) is 71.4 Å². The molecule has 1 aliphatic heterocycles. The molecule has 0 radical (unpaired) electrons. The van der Waals surface area contributed by atoms with Gasteiger partial charge < -0.3 is 9.30 Å². The Morgan fingerprint density at radius 3 is 2.59 bits per heavy atom. The van der Waals surface area contributed by atoms with E-state index in [9.17, 15) is 4.79 Å². The second-order valence-corrected chi connectivity index (χ2v) is 8.20. The van der Waals surface area contributed by atoms with E-state index in [2.05, 4.69) is 21.7 Å². The summed E-state index contributed by atoms with van der Waals surface area (Å²) in [5.41, 5.74) is 3.21. The topological polar surface area (TPSA) is 44.1 Å². The van der Waals surface area contributed by atoms with Gasteiger partial charge in [0, 0.05) is 11.4 Å². The van der Waals surface area contributed by atoms with Gasteiger partial charge in [-0.05, 0) is 30.2 Å². The van der Waals surface area contributed by atoms with Gasteiger partial charge in [-0.2, -0.15) is 0 Å². The van der Waals surface area contributed by atoms with Gasteiger partial charge in [-0.15, -0.1) is 0 Å². The average molecular weight is 399 g/mol. The van der Waals surface area contributed by atoms with Gasteiger partial charge in [0.05, 0.1) is 18.4 Å². The molecule has 0 unspecified atom stereocenters. The maximum Gasteiger partial charge on any atom is 0.319 e. The molecule has 2 heterocycles. The van der Waals surface area contributed by atoms with Crippen molar-refractivity contribution in [2.75, 3.05) is 0 Å². The first-order chi connectivity index (χ1) is 13.1. The molecule has 0 amide bonds. The normalized spacial score (nSPS) is 19.3. The quantitative estimate of drug-likeness (QED) is 0.564. The lowest BCUT2D eigenvalue weighted by Crippen LogP contribution is -2.12. The summed E-state index contributed by atoms with van der Waals surface area (Å²) in [6.07, 6.45) is 2.53. The molecule has 6 heteroatoms. The Morgan fingerprint density at radius 1 is 1.19 bits per heavy atom. The fraction of sp³-hybridized carbons (Fsp3) is 0.238. The van der Waals surface area contributed by atoms with Gasteiger partial charge >= 0.3 is 5.97 Å². The molecule has 1 aliphatic rings. The number of thioether (sulfide) groups is 1. The van der Waals surface area contributed by atoms with Crippen molar-refractivity contribution < 1.29 is 9.53 Å². The van der Waals surface area contributed by atoms with Crippen LogP contribution in [0.15, 0.2) is 66.0 Å². The second kappa shape index (κ2) is 7.79. The number of hydrogen-bond donors (Lipinski definition) is 0. The van der Waals surface area contributed by atoms with Gasteiger partial charge in [-0.25, -0.2) is 4.98 Å². The molecule has 4 nitrogen and oxygen atoms in total. The van der Waals surface area contributed by atoms with Gasteiger partial charge in [0.15, 0.2) is 5.16 Å². The Balaban J connectivity index is 1.70. The van der Waals surface area contributed by atoms with E-state index in [1.165, 1.54) is 17.3 Å². The van der Waals surface area contributed by atoms with Crippen LogP contribution in [-0.2, 0) is 16.1 Å². The number of ether oxygens (including phenoxy) is 1. The van der Waals surface area contributed by atoms with Crippen molar-refractivity contribution in [3.63, 3.8) is 0 Å². The van der Waals surface area contributed by atoms with E-state index < -0.39 is 0 Å². The number of imidazole rings is 1. The molecule has 0 saturated carbocycles. The molecule has 0 bridgehead atoms. The first-order valence-electron chi connectivity index (χ1n) is 8.82. The lowest BCUT2D eigenvalue weighted by molar-refractivity contribution is -0.140. The number of nitrogens with zero attached hydrogens (tertiary/aromatic N) is 2. The molecule has 1 saturated heterocycles. The van der Waals surface area contributed by atoms with E-state index in [0.29, 0.717) is 18.0 Å². The zero-order chi connectivity index (χ0) is 18.8. The Bertz CT molecular complexity index is 941. The first-order valence-corrected chi connectivity index (χ1v) is 10.1. The lowest BCUT2D eigenvalue weighted by Gasteiger charge is -2.13. The maximum atomic E-state index is 12.1. The van der Waals surface area contributed by atoms with Crippen LogP contribution in [0, 0.1) is 0 Å². The van der Waals surface area contributed by atoms with Gasteiger partial charge in [0.2, 0.25) is 0 Å². The summed E-state index contributed by atoms with van der Waals surface area (Å²) < 4.78 is 7.45. The molecule has 2 aromatic carbocycles. The molecule has 138 valence electrons. The summed E-state index contributed by atoms with van der Waals surface area (Å²) in [5.74, 6) is -0.158. The van der Waals surface area contributed by atoms with Crippen molar-refractivity contribution >= 4 is 29.3 Å². The Labute approximate surface area is 167 Å². The minimum atomic E-state index is -0.213. The molecular formula is C21H19ClN2O2S. The molecule has 0 N–H and O–H groups in total. The number of cyclic esters (lactones) is 1. The lowest BCUT2D eigenvalue weighted by atomic mass is 10.1. The van der Waals surface area contributed by atoms with Crippen LogP contribution in [0.3, 0.4) is 0 Å². The van der Waals surface area contributed by atoms with Crippen LogP contribution >= 0.6 is 23.4 Å². The smallest absolute Gasteiger partial charge is 0.319 e. The van der Waals surface area contributed by atoms with Crippen LogP contribution < -0.4 is 0 Å². The number of hydrogen-bond acceptors (Lipinski definition) is 4. The number of rotatable bonds is 5. The standard InChI is InChI=1S/C21H19ClN2O2S/c1-14-11-19(20(25)26-14)27-21-23-12-18(16-7-9-17(22)10-8-16)24(21)13-15-5-3-2-4-6-15/h2-10,12,14,19H,11,13H2,1H3/t14-,19-/m0/s1. The second-order valence-electron chi connectivity index (χ2n) is 6.59. The van der Waals surface area contributed by atoms with E-state index in [1.807, 2.05) is 55.6 Å². The number of benzene rings is 2. The van der Waals surface area contributed by atoms with Crippen molar-refractivity contribution in [2.24, 2.45) is 0 Å². The first kappa shape index (κ1) is 18.1. The van der Waals surface area contributed by atoms with Crippen LogP contribution in [-0.4, -0.2) is 26.9 Å². The van der Waals surface area contributed by atoms with E-state index in [4.69, 9.17) is 16.3 Å². The summed E-state index contributed by atoms with van der Waals surface area (Å²) in [7, 11) is 0. The van der Waals surface area contributed by atoms with Crippen LogP contribution in [0.4, 0.5) is 0 Å². The van der Waals surface area contributed by atoms with Crippen LogP contribution in [0.2, 0.25) is 5.02 Å². The summed E-state index contributed by atoms with van der Waals surface area (Å²) in [4.78, 5) is 16.7. The highest BCUT2D eigenvalue weighted by Crippen LogP contribution is 2.34. The van der Waals surface area contributed by atoms with Gasteiger partial charge in [-0.1, -0.05) is 65.8 Å². The number of carbonyl (C=O) groups excluding carboxylic acids is 1. The van der Waals surface area contributed by atoms with Crippen LogP contribution in [0.1, 0.15) is 18.9 Å². The zero-order valence-electron chi connectivity index (χ0n) is 14.8. The van der Waals surface area contributed by atoms with Gasteiger partial charge in [-0.3, -0.25) is 4.79 Å². The van der Waals surface area contributed by atoms with Crippen molar-refractivity contribution in [1.82, 2.24) is 9.55 Å². The van der Waals surface area contributed by atoms with Crippen molar-refractivity contribution in [1.29, 1.82) is 0 Å². The highest BCUT2D eigenvalue weighted by Gasteiger charge is 2.34. The fourth-order valence-electron chi connectivity index (χ4n) is 3.17. The summed E-state index contributed by atoms with van der Waals surface area (Å²) in [6.45, 7) is 2.60. The third-order valence-corrected chi connectivity index (χ3v) is 5.97. The molecule has 1 aromatic heterocycles. The maximum absolute atomic E-state index is 12.1. The molecule has 1 fully saturated rings. The molecular weight excluding hydrogens is 380 g/mol. The molecule has 4 rings (SSSR count). The van der Waals surface area contributed by atoms with Crippen LogP contribution in [0.5, 0.6) is 0 Å². The Morgan fingerprint density at radius 2 is 1.93 bits per heavy atom. The molecule has 2 atom stereocenters. The molecule has 0 spiro atoms. The largest absolute Gasteiger partial charge is 0.462 e. The SMILES string of the molecule is C[C@H]1C[C@H](Sc2ncc(-c3ccc(Cl)cc3)n2Cc2ccccc2)C(=O)O1. The highest BCUT2D eigenvalue weighted by atomic mass is 35.5. The Kier molecular flexibility index (Phi) is 5.23. The summed E-state index contributed by atoms with van der Waals surface area (Å²) in [5, 5.41) is 1.31. The van der Waals surface area contributed by atoms with Crippen molar-refractivity contribution in [2.45, 2.75) is 36.4 Å². The predicted octanol–water partition coefficient (Wildman–Crippen LogP) is 5.05.